The van der Waals surface area contributed by atoms with Crippen LogP contribution in [0.2, 0.25) is 0 Å². The number of halogens is 1. The number of hydrogen-bond donors (Lipinski definition) is 2. The Bertz CT molecular complexity index is 1680. The number of nitrogens with zero attached hydrogens (tertiary/aromatic N) is 4. The van der Waals surface area contributed by atoms with Gasteiger partial charge in [-0.1, -0.05) is 122 Å². The molecule has 0 spiro atoms. The molecule has 0 bridgehead atoms. The Labute approximate surface area is 253 Å². The highest BCUT2D eigenvalue weighted by Gasteiger charge is 2.41. The number of aliphatic carboxylic acids is 1. The topological polar surface area (TPSA) is 118 Å². The average Bonchev–Trinajstić information content (AvgIpc) is 3.53. The molecule has 5 rings (SSSR count). The zero-order valence-corrected chi connectivity index (χ0v) is 23.6. The highest BCUT2D eigenvalue weighted by molar-refractivity contribution is 6.04. The van der Waals surface area contributed by atoms with Crippen molar-refractivity contribution in [2.45, 2.75) is 24.0 Å². The molecule has 0 amide bonds. The van der Waals surface area contributed by atoms with E-state index in [1.54, 1.807) is 4.80 Å². The molecular weight excluding hydrogens is 559 g/mol. The number of aromatic nitrogens is 4. The van der Waals surface area contributed by atoms with E-state index in [4.69, 9.17) is 5.10 Å². The van der Waals surface area contributed by atoms with Crippen LogP contribution in [0.15, 0.2) is 134 Å². The van der Waals surface area contributed by atoms with E-state index in [1.165, 1.54) is 24.3 Å². The molecule has 8 nitrogen and oxygen atoms in total. The van der Waals surface area contributed by atoms with E-state index in [-0.39, 0.29) is 11.4 Å². The van der Waals surface area contributed by atoms with Gasteiger partial charge in [0.1, 0.15) is 11.7 Å². The van der Waals surface area contributed by atoms with Gasteiger partial charge >= 0.3 is 5.97 Å². The molecule has 2 N–H and O–H groups in total. The van der Waals surface area contributed by atoms with E-state index in [0.717, 1.165) is 28.8 Å². The fourth-order valence-corrected chi connectivity index (χ4v) is 5.18. The lowest BCUT2D eigenvalue weighted by Gasteiger charge is -2.34. The fraction of sp³-hybridized carbons (Fsp3) is 0.114. The van der Waals surface area contributed by atoms with Gasteiger partial charge in [0, 0.05) is 12.0 Å². The Hall–Kier alpha value is -5.54. The number of carboxylic acid groups (broad SMARTS) is 1. The van der Waals surface area contributed by atoms with Crippen molar-refractivity contribution in [2.75, 3.05) is 0 Å². The van der Waals surface area contributed by atoms with Crippen LogP contribution in [-0.2, 0) is 15.1 Å². The molecule has 2 atom stereocenters. The lowest BCUT2D eigenvalue weighted by molar-refractivity contribution is -0.142. The molecule has 5 aromatic rings. The summed E-state index contributed by atoms with van der Waals surface area (Å²) in [5, 5.41) is 33.6. The summed E-state index contributed by atoms with van der Waals surface area (Å²) in [6.07, 6.45) is 0.997. The van der Waals surface area contributed by atoms with E-state index in [2.05, 4.69) is 16.9 Å². The number of rotatable bonds is 12. The molecule has 2 unspecified atom stereocenters. The van der Waals surface area contributed by atoms with Crippen molar-refractivity contribution in [3.63, 3.8) is 0 Å². The van der Waals surface area contributed by atoms with Gasteiger partial charge in [-0.3, -0.25) is 9.59 Å². The Morgan fingerprint density at radius 3 is 1.82 bits per heavy atom. The van der Waals surface area contributed by atoms with Crippen molar-refractivity contribution < 1.29 is 24.2 Å². The molecule has 0 saturated carbocycles. The van der Waals surface area contributed by atoms with Gasteiger partial charge in [0.05, 0.1) is 6.10 Å². The molecule has 1 aromatic heterocycles. The van der Waals surface area contributed by atoms with Crippen LogP contribution in [0.4, 0.5) is 4.39 Å². The number of allylic oxidation sites excluding steroid dienone is 2. The van der Waals surface area contributed by atoms with Gasteiger partial charge in [0.25, 0.3) is 0 Å². The van der Waals surface area contributed by atoms with Crippen molar-refractivity contribution >= 4 is 17.3 Å². The smallest absolute Gasteiger partial charge is 0.318 e. The highest BCUT2D eigenvalue weighted by atomic mass is 19.1. The summed E-state index contributed by atoms with van der Waals surface area (Å²) in [6.45, 7) is 4.02. The Morgan fingerprint density at radius 2 is 1.34 bits per heavy atom. The number of ketones is 1. The molecule has 1 heterocycles. The van der Waals surface area contributed by atoms with Crippen molar-refractivity contribution in [2.24, 2.45) is 0 Å². The van der Waals surface area contributed by atoms with E-state index < -0.39 is 41.6 Å². The summed E-state index contributed by atoms with van der Waals surface area (Å²) in [4.78, 5) is 26.1. The van der Waals surface area contributed by atoms with Gasteiger partial charge in [0.2, 0.25) is 5.82 Å². The summed E-state index contributed by atoms with van der Waals surface area (Å²) in [5.74, 6) is -4.01. The predicted octanol–water partition coefficient (Wildman–Crippen LogP) is 5.41. The molecule has 9 heteroatoms. The first-order valence-corrected chi connectivity index (χ1v) is 13.8. The molecule has 4 aromatic carbocycles. The normalized spacial score (nSPS) is 13.0. The van der Waals surface area contributed by atoms with E-state index in [0.29, 0.717) is 5.57 Å². The second kappa shape index (κ2) is 13.2. The molecule has 44 heavy (non-hydrogen) atoms. The number of aliphatic hydroxyl groups is 1. The average molecular weight is 589 g/mol. The molecular formula is C35H29FN4O4. The SMILES string of the molecule is C=C(C=CC(O)CC(=O)C(C(=O)O)c1ccc(F)cc1)c1nnn(C(c2ccccc2)(c2ccccc2)c2ccccc2)n1. The maximum atomic E-state index is 13.3. The van der Waals surface area contributed by atoms with Crippen molar-refractivity contribution in [3.05, 3.63) is 168 Å². The second-order valence-corrected chi connectivity index (χ2v) is 10.2. The monoisotopic (exact) mass is 588 g/mol. The van der Waals surface area contributed by atoms with Crippen LogP contribution in [0.5, 0.6) is 0 Å². The third-order valence-corrected chi connectivity index (χ3v) is 7.28. The molecule has 0 saturated heterocycles. The van der Waals surface area contributed by atoms with Gasteiger partial charge in [0.15, 0.2) is 11.3 Å². The Balaban J connectivity index is 1.42. The summed E-state index contributed by atoms with van der Waals surface area (Å²) in [6, 6.07) is 34.2. The summed E-state index contributed by atoms with van der Waals surface area (Å²) < 4.78 is 13.3. The van der Waals surface area contributed by atoms with Crippen LogP contribution in [0.25, 0.3) is 5.57 Å². The minimum absolute atomic E-state index is 0.129. The molecule has 0 radical (unpaired) electrons. The fourth-order valence-electron chi connectivity index (χ4n) is 5.18. The first-order valence-electron chi connectivity index (χ1n) is 13.8. The molecule has 0 aliphatic carbocycles. The molecule has 0 aliphatic heterocycles. The highest BCUT2D eigenvalue weighted by Crippen LogP contribution is 2.39. The Kier molecular flexibility index (Phi) is 8.97. The maximum Gasteiger partial charge on any atom is 0.318 e. The molecule has 220 valence electrons. The number of hydrogen-bond acceptors (Lipinski definition) is 6. The first-order chi connectivity index (χ1) is 21.3. The zero-order valence-electron chi connectivity index (χ0n) is 23.6. The Morgan fingerprint density at radius 1 is 0.841 bits per heavy atom. The number of tetrazole rings is 1. The predicted molar refractivity (Wildman–Crippen MR) is 163 cm³/mol. The van der Waals surface area contributed by atoms with E-state index in [1.807, 2.05) is 91.0 Å². The van der Waals surface area contributed by atoms with E-state index >= 15 is 0 Å². The van der Waals surface area contributed by atoms with Crippen LogP contribution >= 0.6 is 0 Å². The second-order valence-electron chi connectivity index (χ2n) is 10.2. The lowest BCUT2D eigenvalue weighted by atomic mass is 9.77. The third kappa shape index (κ3) is 6.13. The van der Waals surface area contributed by atoms with Gasteiger partial charge in [-0.15, -0.1) is 15.0 Å². The van der Waals surface area contributed by atoms with Gasteiger partial charge < -0.3 is 10.2 Å². The van der Waals surface area contributed by atoms with Crippen molar-refractivity contribution in [3.8, 4) is 0 Å². The first kappa shape index (κ1) is 29.9. The van der Waals surface area contributed by atoms with Crippen LogP contribution in [0, 0.1) is 5.82 Å². The van der Waals surface area contributed by atoms with Gasteiger partial charge in [-0.2, -0.15) is 0 Å². The zero-order chi connectivity index (χ0) is 31.1. The molecule has 0 fully saturated rings. The number of benzene rings is 4. The summed E-state index contributed by atoms with van der Waals surface area (Å²) in [5.41, 5.74) is 2.20. The summed E-state index contributed by atoms with van der Waals surface area (Å²) >= 11 is 0. The van der Waals surface area contributed by atoms with Gasteiger partial charge in [-0.05, 0) is 39.6 Å². The lowest BCUT2D eigenvalue weighted by Crippen LogP contribution is -2.39. The largest absolute Gasteiger partial charge is 0.480 e. The minimum Gasteiger partial charge on any atom is -0.480 e. The van der Waals surface area contributed by atoms with Crippen molar-refractivity contribution in [1.29, 1.82) is 0 Å². The quantitative estimate of drug-likeness (QED) is 0.114. The number of carbonyl (C=O) groups is 2. The van der Waals surface area contributed by atoms with Crippen LogP contribution in [0.1, 0.15) is 40.4 Å². The molecule has 0 aliphatic rings. The van der Waals surface area contributed by atoms with E-state index in [9.17, 15) is 24.2 Å². The summed E-state index contributed by atoms with van der Waals surface area (Å²) in [7, 11) is 0. The van der Waals surface area contributed by atoms with Crippen LogP contribution in [0.3, 0.4) is 0 Å². The minimum atomic E-state index is -1.54. The van der Waals surface area contributed by atoms with Crippen LogP contribution < -0.4 is 0 Å². The standard InChI is InChI=1S/C35H29FN4O4/c1-24(17-22-30(41)23-31(42)32(34(43)44)25-18-20-29(36)21-19-25)33-37-39-40(38-33)35(26-11-5-2-6-12-26,27-13-7-3-8-14-27)28-15-9-4-10-16-28/h2-22,30,32,41H,1,23H2,(H,43,44). The maximum absolute atomic E-state index is 13.3. The number of carboxylic acids is 1. The van der Waals surface area contributed by atoms with Crippen LogP contribution in [-0.4, -0.2) is 48.3 Å². The number of Topliss-reactive ketones (excluding diaryl/α,β-unsaturated/α-hetero) is 1. The van der Waals surface area contributed by atoms with Gasteiger partial charge in [-0.25, -0.2) is 4.39 Å². The number of aliphatic hydroxyl groups excluding tert-OH is 1. The third-order valence-electron chi connectivity index (χ3n) is 7.28. The van der Waals surface area contributed by atoms with Crippen molar-refractivity contribution in [1.82, 2.24) is 20.2 Å². The number of carbonyl (C=O) groups excluding carboxylic acids is 1.